The molecule has 3 saturated heterocycles. The normalized spacial score (nSPS) is 27.7. The van der Waals surface area contributed by atoms with E-state index in [1.807, 2.05) is 61.5 Å². The van der Waals surface area contributed by atoms with Crippen LogP contribution in [0.4, 0.5) is 11.4 Å². The lowest BCUT2D eigenvalue weighted by atomic mass is 9.66. The zero-order valence-corrected chi connectivity index (χ0v) is 24.7. The first-order valence-electron chi connectivity index (χ1n) is 14.8. The van der Waals surface area contributed by atoms with E-state index < -0.39 is 22.6 Å². The average Bonchev–Trinajstić information content (AvgIpc) is 3.58. The largest absolute Gasteiger partial charge is 0.494 e. The highest BCUT2D eigenvalue weighted by molar-refractivity contribution is 8.02. The fourth-order valence-electron chi connectivity index (χ4n) is 7.26. The Labute approximate surface area is 250 Å². The minimum atomic E-state index is -0.714. The van der Waals surface area contributed by atoms with Gasteiger partial charge in [0.15, 0.2) is 0 Å². The molecule has 42 heavy (non-hydrogen) atoms. The number of nitrogens with zero attached hydrogens (tertiary/aromatic N) is 1. The number of fused-ring (bicyclic) bond motifs is 2. The van der Waals surface area contributed by atoms with Crippen LogP contribution in [0.1, 0.15) is 33.1 Å². The molecule has 6 rings (SSSR count). The Morgan fingerprint density at radius 1 is 1.00 bits per heavy atom. The number of benzene rings is 3. The molecular weight excluding hydrogens is 550 g/mol. The number of aliphatic hydroxyl groups excluding tert-OH is 1. The van der Waals surface area contributed by atoms with Crippen molar-refractivity contribution in [1.82, 2.24) is 4.90 Å². The molecule has 220 valence electrons. The topological polar surface area (TPSA) is 108 Å². The van der Waals surface area contributed by atoms with Crippen molar-refractivity contribution < 1.29 is 24.2 Å². The summed E-state index contributed by atoms with van der Waals surface area (Å²) in [5, 5.41) is 17.6. The van der Waals surface area contributed by atoms with Crippen LogP contribution in [0.5, 0.6) is 5.75 Å². The van der Waals surface area contributed by atoms with Gasteiger partial charge < -0.3 is 25.4 Å². The molecule has 8 nitrogen and oxygen atoms in total. The second-order valence-corrected chi connectivity index (χ2v) is 13.1. The van der Waals surface area contributed by atoms with Gasteiger partial charge in [-0.2, -0.15) is 0 Å². The summed E-state index contributed by atoms with van der Waals surface area (Å²) in [6.45, 7) is 4.96. The predicted molar refractivity (Wildman–Crippen MR) is 166 cm³/mol. The molecule has 1 spiro atoms. The Morgan fingerprint density at radius 3 is 2.45 bits per heavy atom. The molecule has 3 amide bonds. The van der Waals surface area contributed by atoms with Gasteiger partial charge in [0.05, 0.1) is 23.2 Å². The summed E-state index contributed by atoms with van der Waals surface area (Å²) in [6, 6.07) is 20.3. The Bertz CT molecular complexity index is 1500. The van der Waals surface area contributed by atoms with Gasteiger partial charge in [-0.25, -0.2) is 0 Å². The molecule has 2 bridgehead atoms. The minimum absolute atomic E-state index is 0.0187. The number of aliphatic hydroxyl groups is 1. The molecule has 3 aromatic carbocycles. The molecule has 0 saturated carbocycles. The molecule has 3 fully saturated rings. The van der Waals surface area contributed by atoms with E-state index in [9.17, 15) is 19.5 Å². The number of amides is 3. The second-order valence-electron chi connectivity index (χ2n) is 11.5. The van der Waals surface area contributed by atoms with E-state index in [2.05, 4.69) is 17.6 Å². The first-order valence-corrected chi connectivity index (χ1v) is 15.7. The predicted octanol–water partition coefficient (Wildman–Crippen LogP) is 4.93. The van der Waals surface area contributed by atoms with Crippen LogP contribution in [0.2, 0.25) is 0 Å². The van der Waals surface area contributed by atoms with Crippen LogP contribution >= 0.6 is 11.8 Å². The van der Waals surface area contributed by atoms with E-state index in [0.29, 0.717) is 37.4 Å². The molecule has 0 aromatic heterocycles. The van der Waals surface area contributed by atoms with Gasteiger partial charge in [-0.05, 0) is 79.3 Å². The third-order valence-corrected chi connectivity index (χ3v) is 11.1. The fraction of sp³-hybridized carbons (Fsp3) is 0.424. The molecule has 3 aromatic rings. The number of anilines is 2. The first kappa shape index (κ1) is 28.6. The van der Waals surface area contributed by atoms with Gasteiger partial charge in [-0.1, -0.05) is 37.3 Å². The van der Waals surface area contributed by atoms with Gasteiger partial charge in [-0.3, -0.25) is 14.4 Å². The number of likely N-dealkylation sites (tertiary alicyclic amines) is 1. The minimum Gasteiger partial charge on any atom is -0.494 e. The molecular formula is C33H37N3O5S. The van der Waals surface area contributed by atoms with Gasteiger partial charge in [0.2, 0.25) is 17.7 Å². The molecule has 0 radical (unpaired) electrons. The van der Waals surface area contributed by atoms with Crippen LogP contribution in [0.15, 0.2) is 66.7 Å². The van der Waals surface area contributed by atoms with Gasteiger partial charge in [0.25, 0.3) is 0 Å². The van der Waals surface area contributed by atoms with Crippen molar-refractivity contribution >= 4 is 51.6 Å². The number of rotatable bonds is 10. The Hall–Kier alpha value is -3.56. The standard InChI is InChI=1S/C33H37N3O5S/c1-3-41-25-14-12-23(13-15-25)34-30(38)27-26-18-20(2)33(42-26)28(27)32(40)36(16-6-7-17-37)29(33)31(39)35-24-11-10-21-8-4-5-9-22(21)19-24/h4-5,8-15,19-20,26-29,37H,3,6-7,16-18H2,1-2H3,(H,34,38)(H,35,39)/t20?,26-,27+,28+,29?,33?/m1/s1. The maximum absolute atomic E-state index is 14.2. The third-order valence-electron chi connectivity index (χ3n) is 9.05. The van der Waals surface area contributed by atoms with E-state index in [4.69, 9.17) is 4.74 Å². The number of hydrogen-bond donors (Lipinski definition) is 3. The number of nitrogens with one attached hydrogen (secondary N) is 2. The second kappa shape index (κ2) is 11.6. The van der Waals surface area contributed by atoms with Crippen molar-refractivity contribution in [3.63, 3.8) is 0 Å². The Balaban J connectivity index is 1.30. The number of thioether (sulfide) groups is 1. The summed E-state index contributed by atoms with van der Waals surface area (Å²) < 4.78 is 4.81. The van der Waals surface area contributed by atoms with Crippen LogP contribution < -0.4 is 15.4 Å². The SMILES string of the molecule is CCOc1ccc(NC(=O)[C@@H]2[C@H]3C(=O)N(CCCCO)C(C(=O)Nc4ccc5ccccc5c4)C34S[C@@H]2CC4C)cc1. The summed E-state index contributed by atoms with van der Waals surface area (Å²) >= 11 is 1.66. The number of hydrogen-bond acceptors (Lipinski definition) is 6. The third kappa shape index (κ3) is 4.82. The van der Waals surface area contributed by atoms with Crippen molar-refractivity contribution in [2.24, 2.45) is 17.8 Å². The molecule has 9 heteroatoms. The Morgan fingerprint density at radius 2 is 1.71 bits per heavy atom. The lowest BCUT2D eigenvalue weighted by molar-refractivity contribution is -0.138. The monoisotopic (exact) mass is 587 g/mol. The highest BCUT2D eigenvalue weighted by Gasteiger charge is 2.75. The van der Waals surface area contributed by atoms with E-state index >= 15 is 0 Å². The zero-order chi connectivity index (χ0) is 29.4. The van der Waals surface area contributed by atoms with Crippen molar-refractivity contribution in [3.05, 3.63) is 66.7 Å². The van der Waals surface area contributed by atoms with Gasteiger partial charge in [0.1, 0.15) is 11.8 Å². The van der Waals surface area contributed by atoms with Gasteiger partial charge in [-0.15, -0.1) is 11.8 Å². The van der Waals surface area contributed by atoms with Crippen molar-refractivity contribution in [2.75, 3.05) is 30.4 Å². The smallest absolute Gasteiger partial charge is 0.248 e. The van der Waals surface area contributed by atoms with Gasteiger partial charge >= 0.3 is 0 Å². The lowest BCUT2D eigenvalue weighted by Crippen LogP contribution is -2.54. The molecule has 3 aliphatic rings. The Kier molecular flexibility index (Phi) is 7.89. The molecule has 3 aliphatic heterocycles. The molecule has 3 N–H and O–H groups in total. The lowest BCUT2D eigenvalue weighted by Gasteiger charge is -2.38. The quantitative estimate of drug-likeness (QED) is 0.291. The highest BCUT2D eigenvalue weighted by atomic mass is 32.2. The first-order chi connectivity index (χ1) is 20.4. The zero-order valence-electron chi connectivity index (χ0n) is 23.9. The summed E-state index contributed by atoms with van der Waals surface area (Å²) in [7, 11) is 0. The number of carbonyl (C=O) groups is 3. The number of unbranched alkanes of at least 4 members (excludes halogenated alkanes) is 1. The summed E-state index contributed by atoms with van der Waals surface area (Å²) in [5.41, 5.74) is 1.32. The molecule has 6 atom stereocenters. The summed E-state index contributed by atoms with van der Waals surface area (Å²) in [5.74, 6) is -0.883. The van der Waals surface area contributed by atoms with Crippen LogP contribution in [0, 0.1) is 17.8 Å². The highest BCUT2D eigenvalue weighted by Crippen LogP contribution is 2.68. The van der Waals surface area contributed by atoms with Crippen molar-refractivity contribution in [3.8, 4) is 5.75 Å². The fourth-order valence-corrected chi connectivity index (χ4v) is 9.68. The molecule has 3 unspecified atom stereocenters. The molecule has 0 aliphatic carbocycles. The van der Waals surface area contributed by atoms with Crippen LogP contribution in [0.3, 0.4) is 0 Å². The summed E-state index contributed by atoms with van der Waals surface area (Å²) in [6.07, 6.45) is 1.88. The van der Waals surface area contributed by atoms with E-state index in [-0.39, 0.29) is 35.5 Å². The van der Waals surface area contributed by atoms with E-state index in [1.54, 1.807) is 28.8 Å². The van der Waals surface area contributed by atoms with E-state index in [1.165, 1.54) is 0 Å². The molecule has 3 heterocycles. The van der Waals surface area contributed by atoms with Crippen LogP contribution in [0.25, 0.3) is 10.8 Å². The maximum Gasteiger partial charge on any atom is 0.248 e. The van der Waals surface area contributed by atoms with Crippen LogP contribution in [-0.2, 0) is 14.4 Å². The summed E-state index contributed by atoms with van der Waals surface area (Å²) in [4.78, 5) is 43.9. The average molecular weight is 588 g/mol. The van der Waals surface area contributed by atoms with Gasteiger partial charge in [0, 0.05) is 29.8 Å². The maximum atomic E-state index is 14.2. The van der Waals surface area contributed by atoms with E-state index in [0.717, 1.165) is 22.9 Å². The van der Waals surface area contributed by atoms with Crippen molar-refractivity contribution in [2.45, 2.75) is 49.1 Å². The van der Waals surface area contributed by atoms with Crippen molar-refractivity contribution in [1.29, 1.82) is 0 Å². The number of ether oxygens (including phenoxy) is 1. The number of carbonyl (C=O) groups excluding carboxylic acids is 3. The van der Waals surface area contributed by atoms with Crippen LogP contribution in [-0.4, -0.2) is 63.5 Å².